The highest BCUT2D eigenvalue weighted by atomic mass is 32.2. The Bertz CT molecular complexity index is 366. The minimum atomic E-state index is 0.0632. The molecule has 0 bridgehead atoms. The zero-order chi connectivity index (χ0) is 12.3. The molecule has 1 aliphatic heterocycles. The Morgan fingerprint density at radius 2 is 2.47 bits per heavy atom. The van der Waals surface area contributed by atoms with Crippen LogP contribution in [0.5, 0.6) is 0 Å². The molecule has 1 amide bonds. The van der Waals surface area contributed by atoms with Crippen molar-refractivity contribution in [3.05, 3.63) is 18.5 Å². The lowest BCUT2D eigenvalue weighted by molar-refractivity contribution is -0.131. The molecule has 2 rings (SSSR count). The average molecular weight is 253 g/mol. The third-order valence-electron chi connectivity index (χ3n) is 3.32. The third kappa shape index (κ3) is 2.83. The van der Waals surface area contributed by atoms with Gasteiger partial charge < -0.3 is 4.90 Å². The van der Waals surface area contributed by atoms with Crippen molar-refractivity contribution < 1.29 is 4.79 Å². The molecule has 1 aromatic rings. The Morgan fingerprint density at radius 1 is 1.65 bits per heavy atom. The van der Waals surface area contributed by atoms with Crippen molar-refractivity contribution in [3.63, 3.8) is 0 Å². The van der Waals surface area contributed by atoms with Crippen molar-refractivity contribution in [2.24, 2.45) is 0 Å². The van der Waals surface area contributed by atoms with E-state index in [1.807, 2.05) is 35.0 Å². The lowest BCUT2D eigenvalue weighted by Gasteiger charge is -2.26. The van der Waals surface area contributed by atoms with E-state index in [-0.39, 0.29) is 11.2 Å². The Balaban J connectivity index is 1.99. The molecule has 4 nitrogen and oxygen atoms in total. The SMILES string of the molecule is CSC(C)C(=O)N1CCCC1Cn1cccn1. The van der Waals surface area contributed by atoms with Gasteiger partial charge in [0, 0.05) is 18.9 Å². The molecule has 2 atom stereocenters. The molecular weight excluding hydrogens is 234 g/mol. The highest BCUT2D eigenvalue weighted by Crippen LogP contribution is 2.22. The summed E-state index contributed by atoms with van der Waals surface area (Å²) in [6, 6.07) is 2.24. The molecule has 1 fully saturated rings. The zero-order valence-electron chi connectivity index (χ0n) is 10.4. The number of aromatic nitrogens is 2. The van der Waals surface area contributed by atoms with Crippen LogP contribution < -0.4 is 0 Å². The van der Waals surface area contributed by atoms with Crippen LogP contribution in [0.15, 0.2) is 18.5 Å². The minimum absolute atomic E-state index is 0.0632. The van der Waals surface area contributed by atoms with Crippen molar-refractivity contribution in [3.8, 4) is 0 Å². The van der Waals surface area contributed by atoms with Gasteiger partial charge in [-0.1, -0.05) is 0 Å². The summed E-state index contributed by atoms with van der Waals surface area (Å²) >= 11 is 1.62. The largest absolute Gasteiger partial charge is 0.337 e. The summed E-state index contributed by atoms with van der Waals surface area (Å²) < 4.78 is 1.92. The maximum atomic E-state index is 12.2. The minimum Gasteiger partial charge on any atom is -0.337 e. The molecular formula is C12H19N3OS. The van der Waals surface area contributed by atoms with Gasteiger partial charge in [0.25, 0.3) is 0 Å². The first-order chi connectivity index (χ1) is 8.22. The van der Waals surface area contributed by atoms with Crippen LogP contribution in [-0.4, -0.2) is 44.7 Å². The number of carbonyl (C=O) groups is 1. The van der Waals surface area contributed by atoms with Crippen molar-refractivity contribution in [2.75, 3.05) is 12.8 Å². The zero-order valence-corrected chi connectivity index (χ0v) is 11.2. The van der Waals surface area contributed by atoms with Crippen LogP contribution in [-0.2, 0) is 11.3 Å². The van der Waals surface area contributed by atoms with Crippen LogP contribution in [0.2, 0.25) is 0 Å². The molecule has 5 heteroatoms. The summed E-state index contributed by atoms with van der Waals surface area (Å²) in [4.78, 5) is 14.2. The maximum absolute atomic E-state index is 12.2. The molecule has 1 aliphatic rings. The van der Waals surface area contributed by atoms with E-state index >= 15 is 0 Å². The molecule has 0 aromatic carbocycles. The van der Waals surface area contributed by atoms with Gasteiger partial charge in [0.2, 0.25) is 5.91 Å². The molecule has 1 aromatic heterocycles. The van der Waals surface area contributed by atoms with Crippen molar-refractivity contribution >= 4 is 17.7 Å². The van der Waals surface area contributed by atoms with Crippen LogP contribution in [0.4, 0.5) is 0 Å². The second-order valence-electron chi connectivity index (χ2n) is 4.43. The number of carbonyl (C=O) groups excluding carboxylic acids is 1. The van der Waals surface area contributed by atoms with E-state index < -0.39 is 0 Å². The molecule has 2 unspecified atom stereocenters. The lowest BCUT2D eigenvalue weighted by Crippen LogP contribution is -2.42. The lowest BCUT2D eigenvalue weighted by atomic mass is 10.2. The van der Waals surface area contributed by atoms with E-state index in [4.69, 9.17) is 0 Å². The number of thioether (sulfide) groups is 1. The molecule has 1 saturated heterocycles. The number of nitrogens with zero attached hydrogens (tertiary/aromatic N) is 3. The topological polar surface area (TPSA) is 38.1 Å². The van der Waals surface area contributed by atoms with E-state index in [1.165, 1.54) is 0 Å². The fraction of sp³-hybridized carbons (Fsp3) is 0.667. The first kappa shape index (κ1) is 12.5. The molecule has 0 saturated carbocycles. The normalized spacial score (nSPS) is 21.8. The summed E-state index contributed by atoms with van der Waals surface area (Å²) in [5, 5.41) is 4.28. The third-order valence-corrected chi connectivity index (χ3v) is 4.23. The number of likely N-dealkylation sites (tertiary alicyclic amines) is 1. The Hall–Kier alpha value is -0.970. The van der Waals surface area contributed by atoms with Crippen LogP contribution in [0.1, 0.15) is 19.8 Å². The van der Waals surface area contributed by atoms with E-state index in [2.05, 4.69) is 5.10 Å². The smallest absolute Gasteiger partial charge is 0.235 e. The second-order valence-corrected chi connectivity index (χ2v) is 5.61. The van der Waals surface area contributed by atoms with Gasteiger partial charge in [-0.3, -0.25) is 9.48 Å². The first-order valence-electron chi connectivity index (χ1n) is 6.03. The Kier molecular flexibility index (Phi) is 4.10. The standard InChI is InChI=1S/C12H19N3OS/c1-10(17-2)12(16)15-8-3-5-11(15)9-14-7-4-6-13-14/h4,6-7,10-11H,3,5,8-9H2,1-2H3. The highest BCUT2D eigenvalue weighted by molar-refractivity contribution is 7.99. The van der Waals surface area contributed by atoms with E-state index in [0.29, 0.717) is 6.04 Å². The van der Waals surface area contributed by atoms with Crippen LogP contribution in [0.25, 0.3) is 0 Å². The average Bonchev–Trinajstić information content (AvgIpc) is 2.99. The summed E-state index contributed by atoms with van der Waals surface area (Å²) in [7, 11) is 0. The molecule has 0 N–H and O–H groups in total. The molecule has 94 valence electrons. The Morgan fingerprint density at radius 3 is 3.12 bits per heavy atom. The number of rotatable bonds is 4. The molecule has 0 radical (unpaired) electrons. The fourth-order valence-electron chi connectivity index (χ4n) is 2.27. The van der Waals surface area contributed by atoms with Gasteiger partial charge in [-0.2, -0.15) is 16.9 Å². The number of amides is 1. The van der Waals surface area contributed by atoms with Gasteiger partial charge in [-0.05, 0) is 32.1 Å². The van der Waals surface area contributed by atoms with E-state index in [0.717, 1.165) is 25.9 Å². The Labute approximate surface area is 106 Å². The fourth-order valence-corrected chi connectivity index (χ4v) is 2.61. The maximum Gasteiger partial charge on any atom is 0.235 e. The van der Waals surface area contributed by atoms with Gasteiger partial charge in [-0.15, -0.1) is 0 Å². The van der Waals surface area contributed by atoms with Crippen molar-refractivity contribution in [1.82, 2.24) is 14.7 Å². The predicted octanol–water partition coefficient (Wildman–Crippen LogP) is 1.63. The van der Waals surface area contributed by atoms with E-state index in [9.17, 15) is 4.79 Å². The van der Waals surface area contributed by atoms with Gasteiger partial charge >= 0.3 is 0 Å². The van der Waals surface area contributed by atoms with Gasteiger partial charge in [0.1, 0.15) is 0 Å². The van der Waals surface area contributed by atoms with Gasteiger partial charge in [0.05, 0.1) is 17.8 Å². The number of hydrogen-bond acceptors (Lipinski definition) is 3. The molecule has 2 heterocycles. The van der Waals surface area contributed by atoms with Crippen LogP contribution >= 0.6 is 11.8 Å². The van der Waals surface area contributed by atoms with E-state index in [1.54, 1.807) is 18.0 Å². The van der Waals surface area contributed by atoms with Crippen LogP contribution in [0.3, 0.4) is 0 Å². The summed E-state index contributed by atoms with van der Waals surface area (Å²) in [6.45, 7) is 3.70. The summed E-state index contributed by atoms with van der Waals surface area (Å²) in [6.07, 6.45) is 7.93. The number of hydrogen-bond donors (Lipinski definition) is 0. The van der Waals surface area contributed by atoms with Gasteiger partial charge in [-0.25, -0.2) is 0 Å². The van der Waals surface area contributed by atoms with Gasteiger partial charge in [0.15, 0.2) is 0 Å². The monoisotopic (exact) mass is 253 g/mol. The van der Waals surface area contributed by atoms with Crippen LogP contribution in [0, 0.1) is 0 Å². The molecule has 17 heavy (non-hydrogen) atoms. The highest BCUT2D eigenvalue weighted by Gasteiger charge is 2.31. The van der Waals surface area contributed by atoms with Crippen molar-refractivity contribution in [2.45, 2.75) is 37.6 Å². The molecule has 0 aliphatic carbocycles. The summed E-state index contributed by atoms with van der Waals surface area (Å²) in [5.41, 5.74) is 0. The predicted molar refractivity (Wildman–Crippen MR) is 69.9 cm³/mol. The second kappa shape index (κ2) is 5.58. The quantitative estimate of drug-likeness (QED) is 0.818. The first-order valence-corrected chi connectivity index (χ1v) is 7.32. The molecule has 0 spiro atoms. The van der Waals surface area contributed by atoms with Crippen molar-refractivity contribution in [1.29, 1.82) is 0 Å². The summed E-state index contributed by atoms with van der Waals surface area (Å²) in [5.74, 6) is 0.271.